The van der Waals surface area contributed by atoms with E-state index in [1.165, 1.54) is 93.3 Å². The summed E-state index contributed by atoms with van der Waals surface area (Å²) < 4.78 is 12.5. The third kappa shape index (κ3) is 12.7. The lowest BCUT2D eigenvalue weighted by molar-refractivity contribution is -0.149. The van der Waals surface area contributed by atoms with E-state index in [9.17, 15) is 19.2 Å². The fourth-order valence-electron chi connectivity index (χ4n) is 5.10. The van der Waals surface area contributed by atoms with Crippen LogP contribution in [0, 0.1) is 6.92 Å². The maximum absolute atomic E-state index is 12.3. The number of unbranched alkanes of at least 4 members (excludes halogenated alkanes) is 14. The third-order valence-corrected chi connectivity index (χ3v) is 7.50. The number of carbonyl (C=O) groups is 2. The van der Waals surface area contributed by atoms with E-state index in [1.807, 2.05) is 0 Å². The number of urea groups is 1. The maximum Gasteiger partial charge on any atom is 0.338 e. The largest absolute Gasteiger partial charge is 0.463 e. The van der Waals surface area contributed by atoms with E-state index < -0.39 is 35.7 Å². The van der Waals surface area contributed by atoms with Gasteiger partial charge in [0.05, 0.1) is 6.04 Å². The zero-order valence-corrected chi connectivity index (χ0v) is 24.4. The molecule has 2 heterocycles. The van der Waals surface area contributed by atoms with Crippen molar-refractivity contribution in [3.8, 4) is 0 Å². The lowest BCUT2D eigenvalue weighted by Gasteiger charge is -2.19. The zero-order chi connectivity index (χ0) is 29.2. The van der Waals surface area contributed by atoms with E-state index in [0.717, 1.165) is 19.3 Å². The van der Waals surface area contributed by atoms with Gasteiger partial charge in [-0.15, -0.1) is 0 Å². The molecule has 2 rings (SSSR count). The van der Waals surface area contributed by atoms with E-state index in [2.05, 4.69) is 17.2 Å². The molecule has 4 N–H and O–H groups in total. The molecule has 228 valence electrons. The number of carbonyl (C=O) groups excluding carboxylic acids is 2. The second kappa shape index (κ2) is 19.4. The molecule has 1 aromatic heterocycles. The average Bonchev–Trinajstić information content (AvgIpc) is 3.33. The van der Waals surface area contributed by atoms with Crippen molar-refractivity contribution in [2.45, 2.75) is 141 Å². The van der Waals surface area contributed by atoms with E-state index in [-0.39, 0.29) is 19.0 Å². The number of H-pyrrole nitrogens is 1. The predicted octanol–water partition coefficient (Wildman–Crippen LogP) is 4.99. The van der Waals surface area contributed by atoms with E-state index in [1.54, 1.807) is 6.92 Å². The molecule has 2 amide bonds. The lowest BCUT2D eigenvalue weighted by Crippen LogP contribution is -2.46. The van der Waals surface area contributed by atoms with Crippen molar-refractivity contribution in [3.63, 3.8) is 0 Å². The van der Waals surface area contributed by atoms with Crippen molar-refractivity contribution in [2.75, 3.05) is 6.61 Å². The first-order valence-corrected chi connectivity index (χ1v) is 15.2. The van der Waals surface area contributed by atoms with Gasteiger partial charge in [-0.3, -0.25) is 24.3 Å². The average molecular weight is 567 g/mol. The third-order valence-electron chi connectivity index (χ3n) is 7.50. The van der Waals surface area contributed by atoms with Crippen LogP contribution in [0.15, 0.2) is 15.8 Å². The number of nitrogens with zero attached hydrogens (tertiary/aromatic N) is 1. The Kier molecular flexibility index (Phi) is 16.3. The van der Waals surface area contributed by atoms with Crippen LogP contribution in [-0.4, -0.2) is 45.5 Å². The van der Waals surface area contributed by atoms with E-state index >= 15 is 0 Å². The highest BCUT2D eigenvalue weighted by molar-refractivity contribution is 5.73. The zero-order valence-electron chi connectivity index (χ0n) is 24.4. The van der Waals surface area contributed by atoms with Crippen molar-refractivity contribution in [1.82, 2.24) is 20.3 Å². The highest BCUT2D eigenvalue weighted by Gasteiger charge is 2.38. The Morgan fingerprint density at radius 1 is 0.975 bits per heavy atom. The number of ether oxygens (including phenoxy) is 2. The molecule has 0 bridgehead atoms. The highest BCUT2D eigenvalue weighted by atomic mass is 16.6. The second-order valence-electron chi connectivity index (χ2n) is 10.9. The van der Waals surface area contributed by atoms with Gasteiger partial charge >= 0.3 is 17.7 Å². The number of nitrogens with one attached hydrogen (secondary N) is 3. The number of aromatic amines is 1. The lowest BCUT2D eigenvalue weighted by atomic mass is 10.0. The minimum absolute atomic E-state index is 0.110. The molecule has 11 nitrogen and oxygen atoms in total. The van der Waals surface area contributed by atoms with Crippen LogP contribution >= 0.6 is 0 Å². The molecule has 1 saturated heterocycles. The summed E-state index contributed by atoms with van der Waals surface area (Å²) in [4.78, 5) is 50.1. The molecule has 0 saturated carbocycles. The van der Waals surface area contributed by atoms with Crippen LogP contribution in [0.5, 0.6) is 0 Å². The van der Waals surface area contributed by atoms with E-state index in [4.69, 9.17) is 14.7 Å². The smallest absolute Gasteiger partial charge is 0.338 e. The van der Waals surface area contributed by atoms with Crippen molar-refractivity contribution < 1.29 is 24.3 Å². The minimum atomic E-state index is -0.839. The number of aromatic nitrogens is 2. The fourth-order valence-corrected chi connectivity index (χ4v) is 5.10. The quantitative estimate of drug-likeness (QED) is 0.0750. The minimum Gasteiger partial charge on any atom is -0.463 e. The number of amides is 2. The summed E-state index contributed by atoms with van der Waals surface area (Å²) in [6, 6.07) is -1.47. The molecule has 1 aliphatic rings. The van der Waals surface area contributed by atoms with Gasteiger partial charge < -0.3 is 14.8 Å². The number of aryl methyl sites for hydroxylation is 1. The van der Waals surface area contributed by atoms with Gasteiger partial charge in [-0.05, 0) is 13.3 Å². The summed E-state index contributed by atoms with van der Waals surface area (Å²) in [6.45, 7) is 3.71. The molecule has 0 aromatic carbocycles. The first kappa shape index (κ1) is 33.5. The van der Waals surface area contributed by atoms with Gasteiger partial charge in [0.15, 0.2) is 0 Å². The maximum atomic E-state index is 12.3. The standard InChI is InChI=1S/C29H50N4O7/c1-3-4-5-6-7-8-9-10-11-12-13-14-15-16-17-18-26(34)39-21-24-23(30-28(36)32-38)19-25(40-24)33-20-22(2)27(35)31-29(33)37/h20,23-25,38H,3-19,21H2,1-2H3,(H2,30,32,36)(H,31,35,37)/t23-,24+,25+/m0/s1. The van der Waals surface area contributed by atoms with Gasteiger partial charge in [-0.1, -0.05) is 96.8 Å². The van der Waals surface area contributed by atoms with Crippen LogP contribution in [-0.2, 0) is 14.3 Å². The summed E-state index contributed by atoms with van der Waals surface area (Å²) in [5.74, 6) is -0.343. The Labute approximate surface area is 237 Å². The molecule has 0 spiro atoms. The molecule has 40 heavy (non-hydrogen) atoms. The molecule has 1 fully saturated rings. The molecule has 0 aliphatic carbocycles. The number of esters is 1. The number of rotatable bonds is 20. The molecule has 1 aliphatic heterocycles. The van der Waals surface area contributed by atoms with Crippen LogP contribution in [0.2, 0.25) is 0 Å². The summed E-state index contributed by atoms with van der Waals surface area (Å²) >= 11 is 0. The summed E-state index contributed by atoms with van der Waals surface area (Å²) in [7, 11) is 0. The van der Waals surface area contributed by atoms with Crippen LogP contribution < -0.4 is 22.0 Å². The molecule has 0 unspecified atom stereocenters. The normalized spacial score (nSPS) is 18.5. The predicted molar refractivity (Wildman–Crippen MR) is 152 cm³/mol. The molecule has 3 atom stereocenters. The van der Waals surface area contributed by atoms with Crippen LogP contribution in [0.1, 0.15) is 128 Å². The summed E-state index contributed by atoms with van der Waals surface area (Å²) in [5, 5.41) is 11.4. The second-order valence-corrected chi connectivity index (χ2v) is 10.9. The fraction of sp³-hybridized carbons (Fsp3) is 0.793. The number of hydrogen-bond donors (Lipinski definition) is 4. The molecular formula is C29H50N4O7. The van der Waals surface area contributed by atoms with Crippen molar-refractivity contribution in [2.24, 2.45) is 0 Å². The molecule has 11 heteroatoms. The Morgan fingerprint density at radius 2 is 1.52 bits per heavy atom. The molecular weight excluding hydrogens is 516 g/mol. The first-order valence-electron chi connectivity index (χ1n) is 15.2. The van der Waals surface area contributed by atoms with Gasteiger partial charge in [0, 0.05) is 24.6 Å². The number of hydrogen-bond acceptors (Lipinski definition) is 7. The molecule has 0 radical (unpaired) electrons. The topological polar surface area (TPSA) is 152 Å². The van der Waals surface area contributed by atoms with E-state index in [0.29, 0.717) is 12.0 Å². The molecule has 1 aromatic rings. The van der Waals surface area contributed by atoms with Crippen molar-refractivity contribution in [1.29, 1.82) is 0 Å². The van der Waals surface area contributed by atoms with Gasteiger partial charge in [0.1, 0.15) is 18.9 Å². The SMILES string of the molecule is CCCCCCCCCCCCCCCCCC(=O)OC[C@H]1O[C@@H](n2cc(C)c(=O)[nH]c2=O)C[C@@H]1NC(=O)NO. The van der Waals surface area contributed by atoms with Crippen LogP contribution in [0.3, 0.4) is 0 Å². The Bertz CT molecular complexity index is 993. The van der Waals surface area contributed by atoms with Crippen molar-refractivity contribution >= 4 is 12.0 Å². The van der Waals surface area contributed by atoms with Gasteiger partial charge in [-0.2, -0.15) is 0 Å². The highest BCUT2D eigenvalue weighted by Crippen LogP contribution is 2.28. The Hall–Kier alpha value is -2.66. The monoisotopic (exact) mass is 566 g/mol. The van der Waals surface area contributed by atoms with Crippen LogP contribution in [0.4, 0.5) is 4.79 Å². The summed E-state index contributed by atoms with van der Waals surface area (Å²) in [5.41, 5.74) is 0.704. The van der Waals surface area contributed by atoms with Crippen molar-refractivity contribution in [3.05, 3.63) is 32.6 Å². The Balaban J connectivity index is 1.60. The van der Waals surface area contributed by atoms with Gasteiger partial charge in [0.25, 0.3) is 5.56 Å². The van der Waals surface area contributed by atoms with Gasteiger partial charge in [0.2, 0.25) is 0 Å². The summed E-state index contributed by atoms with van der Waals surface area (Å²) in [6.07, 6.45) is 19.1. The first-order chi connectivity index (χ1) is 19.3. The Morgan fingerprint density at radius 3 is 2.08 bits per heavy atom. The van der Waals surface area contributed by atoms with Gasteiger partial charge in [-0.25, -0.2) is 15.1 Å². The number of hydroxylamine groups is 1. The van der Waals surface area contributed by atoms with Crippen LogP contribution in [0.25, 0.3) is 0 Å².